The van der Waals surface area contributed by atoms with Gasteiger partial charge in [-0.2, -0.15) is 0 Å². The summed E-state index contributed by atoms with van der Waals surface area (Å²) in [6.07, 6.45) is 6.53. The van der Waals surface area contributed by atoms with Crippen molar-refractivity contribution >= 4 is 5.91 Å². The molecule has 1 aliphatic rings. The fraction of sp³-hybridized carbons (Fsp3) is 0.368. The Bertz CT molecular complexity index is 630. The van der Waals surface area contributed by atoms with Crippen LogP contribution in [0.15, 0.2) is 54.9 Å². The van der Waals surface area contributed by atoms with E-state index >= 15 is 0 Å². The van der Waals surface area contributed by atoms with Gasteiger partial charge < -0.3 is 10.2 Å². The highest BCUT2D eigenvalue weighted by Crippen LogP contribution is 2.32. The monoisotopic (exact) mass is 309 g/mol. The van der Waals surface area contributed by atoms with Crippen LogP contribution >= 0.6 is 0 Å². The van der Waals surface area contributed by atoms with E-state index in [1.165, 1.54) is 5.56 Å². The zero-order chi connectivity index (χ0) is 16.1. The Hall–Kier alpha value is -2.20. The van der Waals surface area contributed by atoms with Crippen molar-refractivity contribution in [3.63, 3.8) is 0 Å². The van der Waals surface area contributed by atoms with Crippen LogP contribution < -0.4 is 5.32 Å². The van der Waals surface area contributed by atoms with Crippen LogP contribution in [0.3, 0.4) is 0 Å². The summed E-state index contributed by atoms with van der Waals surface area (Å²) in [4.78, 5) is 19.2. The van der Waals surface area contributed by atoms with Gasteiger partial charge in [0.2, 0.25) is 5.91 Å². The van der Waals surface area contributed by atoms with Gasteiger partial charge >= 0.3 is 0 Å². The van der Waals surface area contributed by atoms with Crippen LogP contribution in [0.25, 0.3) is 0 Å². The zero-order valence-electron chi connectivity index (χ0n) is 13.5. The second-order valence-corrected chi connectivity index (χ2v) is 6.03. The highest BCUT2D eigenvalue weighted by atomic mass is 16.2. The van der Waals surface area contributed by atoms with Crippen molar-refractivity contribution in [1.82, 2.24) is 15.2 Å². The van der Waals surface area contributed by atoms with E-state index < -0.39 is 0 Å². The first-order valence-electron chi connectivity index (χ1n) is 8.21. The molecule has 4 nitrogen and oxygen atoms in total. The van der Waals surface area contributed by atoms with Crippen molar-refractivity contribution in [3.05, 3.63) is 66.0 Å². The molecule has 1 aliphatic heterocycles. The number of likely N-dealkylation sites (N-methyl/N-ethyl adjacent to an activating group) is 1. The second kappa shape index (κ2) is 7.38. The number of pyridine rings is 1. The summed E-state index contributed by atoms with van der Waals surface area (Å²) in [6, 6.07) is 14.3. The molecule has 0 radical (unpaired) electrons. The molecule has 23 heavy (non-hydrogen) atoms. The number of carbonyl (C=O) groups excluding carboxylic acids is 1. The van der Waals surface area contributed by atoms with Gasteiger partial charge in [-0.05, 0) is 43.5 Å². The molecule has 2 aromatic rings. The lowest BCUT2D eigenvalue weighted by molar-refractivity contribution is -0.135. The number of hydrogen-bond acceptors (Lipinski definition) is 3. The normalized spacial score (nSPS) is 22.0. The molecule has 1 fully saturated rings. The van der Waals surface area contributed by atoms with E-state index in [1.807, 2.05) is 48.5 Å². The summed E-state index contributed by atoms with van der Waals surface area (Å²) < 4.78 is 0. The summed E-state index contributed by atoms with van der Waals surface area (Å²) in [7, 11) is 1.87. The quantitative estimate of drug-likeness (QED) is 0.944. The SMILES string of the molecule is CNC1CCCC(c2ccccc2)N(Cc2cccnc2)C1=O. The number of likely N-dealkylation sites (tertiary alicyclic amines) is 1. The predicted octanol–water partition coefficient (Wildman–Crippen LogP) is 2.92. The Kier molecular flexibility index (Phi) is 5.03. The lowest BCUT2D eigenvalue weighted by Crippen LogP contribution is -2.44. The number of rotatable bonds is 4. The summed E-state index contributed by atoms with van der Waals surface area (Å²) in [5.74, 6) is 0.183. The van der Waals surface area contributed by atoms with Crippen LogP contribution in [0.2, 0.25) is 0 Å². The van der Waals surface area contributed by atoms with E-state index in [1.54, 1.807) is 6.20 Å². The first-order valence-corrected chi connectivity index (χ1v) is 8.21. The molecule has 0 saturated carbocycles. The first kappa shape index (κ1) is 15.7. The Morgan fingerprint density at radius 1 is 1.17 bits per heavy atom. The van der Waals surface area contributed by atoms with E-state index in [2.05, 4.69) is 22.4 Å². The summed E-state index contributed by atoms with van der Waals surface area (Å²) in [5, 5.41) is 3.17. The molecule has 120 valence electrons. The highest BCUT2D eigenvalue weighted by molar-refractivity contribution is 5.82. The predicted molar refractivity (Wildman–Crippen MR) is 90.7 cm³/mol. The number of nitrogens with one attached hydrogen (secondary N) is 1. The van der Waals surface area contributed by atoms with Crippen molar-refractivity contribution < 1.29 is 4.79 Å². The summed E-state index contributed by atoms with van der Waals surface area (Å²) in [5.41, 5.74) is 2.28. The van der Waals surface area contributed by atoms with Crippen molar-refractivity contribution in [2.75, 3.05) is 7.05 Å². The third kappa shape index (κ3) is 3.59. The van der Waals surface area contributed by atoms with Crippen LogP contribution in [0.5, 0.6) is 0 Å². The number of nitrogens with zero attached hydrogens (tertiary/aromatic N) is 2. The molecule has 0 aliphatic carbocycles. The number of aromatic nitrogens is 1. The molecule has 3 rings (SSSR count). The molecule has 2 heterocycles. The number of carbonyl (C=O) groups is 1. The molecule has 0 spiro atoms. The van der Waals surface area contributed by atoms with Gasteiger partial charge in [0, 0.05) is 18.9 Å². The van der Waals surface area contributed by atoms with Gasteiger partial charge in [0.15, 0.2) is 0 Å². The molecule has 1 N–H and O–H groups in total. The van der Waals surface area contributed by atoms with Gasteiger partial charge in [-0.15, -0.1) is 0 Å². The molecule has 1 saturated heterocycles. The first-order chi connectivity index (χ1) is 11.3. The molecular formula is C19H23N3O. The Balaban J connectivity index is 1.93. The fourth-order valence-corrected chi connectivity index (χ4v) is 3.31. The third-order valence-corrected chi connectivity index (χ3v) is 4.54. The van der Waals surface area contributed by atoms with Gasteiger partial charge in [-0.1, -0.05) is 36.4 Å². The Labute approximate surface area is 137 Å². The molecule has 1 amide bonds. The van der Waals surface area contributed by atoms with Crippen LogP contribution in [-0.4, -0.2) is 28.9 Å². The average molecular weight is 309 g/mol. The molecule has 2 unspecified atom stereocenters. The maximum atomic E-state index is 13.0. The lowest BCUT2D eigenvalue weighted by Gasteiger charge is -2.32. The van der Waals surface area contributed by atoms with Gasteiger partial charge in [-0.3, -0.25) is 9.78 Å². The molecule has 1 aromatic carbocycles. The zero-order valence-corrected chi connectivity index (χ0v) is 13.5. The maximum absolute atomic E-state index is 13.0. The minimum Gasteiger partial charge on any atom is -0.330 e. The van der Waals surface area contributed by atoms with E-state index in [-0.39, 0.29) is 18.0 Å². The van der Waals surface area contributed by atoms with E-state index in [9.17, 15) is 4.79 Å². The average Bonchev–Trinajstić information content (AvgIpc) is 2.76. The number of benzene rings is 1. The molecule has 0 bridgehead atoms. The lowest BCUT2D eigenvalue weighted by atomic mass is 10.0. The van der Waals surface area contributed by atoms with E-state index in [4.69, 9.17) is 0 Å². The van der Waals surface area contributed by atoms with Crippen LogP contribution in [0.1, 0.15) is 36.4 Å². The Morgan fingerprint density at radius 3 is 2.70 bits per heavy atom. The molecule has 1 aromatic heterocycles. The largest absolute Gasteiger partial charge is 0.330 e. The van der Waals surface area contributed by atoms with E-state index in [0.717, 1.165) is 24.8 Å². The van der Waals surface area contributed by atoms with Gasteiger partial charge in [0.05, 0.1) is 12.1 Å². The molecular weight excluding hydrogens is 286 g/mol. The molecule has 4 heteroatoms. The van der Waals surface area contributed by atoms with Crippen molar-refractivity contribution in [1.29, 1.82) is 0 Å². The highest BCUT2D eigenvalue weighted by Gasteiger charge is 2.32. The van der Waals surface area contributed by atoms with Gasteiger partial charge in [0.25, 0.3) is 0 Å². The fourth-order valence-electron chi connectivity index (χ4n) is 3.31. The van der Waals surface area contributed by atoms with Crippen LogP contribution in [0.4, 0.5) is 0 Å². The summed E-state index contributed by atoms with van der Waals surface area (Å²) >= 11 is 0. The topological polar surface area (TPSA) is 45.2 Å². The summed E-state index contributed by atoms with van der Waals surface area (Å²) in [6.45, 7) is 0.602. The van der Waals surface area contributed by atoms with E-state index in [0.29, 0.717) is 6.54 Å². The smallest absolute Gasteiger partial charge is 0.240 e. The Morgan fingerprint density at radius 2 is 2.00 bits per heavy atom. The van der Waals surface area contributed by atoms with Crippen molar-refractivity contribution in [3.8, 4) is 0 Å². The van der Waals surface area contributed by atoms with Crippen LogP contribution in [0, 0.1) is 0 Å². The van der Waals surface area contributed by atoms with Crippen molar-refractivity contribution in [2.45, 2.75) is 37.9 Å². The van der Waals surface area contributed by atoms with Gasteiger partial charge in [0.1, 0.15) is 0 Å². The third-order valence-electron chi connectivity index (χ3n) is 4.54. The van der Waals surface area contributed by atoms with Gasteiger partial charge in [-0.25, -0.2) is 0 Å². The van der Waals surface area contributed by atoms with Crippen LogP contribution in [-0.2, 0) is 11.3 Å². The minimum absolute atomic E-state index is 0.0969. The number of amides is 1. The minimum atomic E-state index is -0.0969. The van der Waals surface area contributed by atoms with Crippen molar-refractivity contribution in [2.24, 2.45) is 0 Å². The second-order valence-electron chi connectivity index (χ2n) is 6.03. The molecule has 2 atom stereocenters. The maximum Gasteiger partial charge on any atom is 0.240 e. The standard InChI is InChI=1S/C19H23N3O/c1-20-17-10-5-11-18(16-8-3-2-4-9-16)22(19(17)23)14-15-7-6-12-21-13-15/h2-4,6-9,12-13,17-18,20H,5,10-11,14H2,1H3. The number of hydrogen-bond donors (Lipinski definition) is 1.